The SMILES string of the molecule is C=CCCC(=O)NC[C@@H](OC(=O)[C@@H]1[C@@H]2CC[C@]3(O2)[C@H](C(=O)N(CC=C)C(C)(C)C)N([C@@H](CO)[C@@H](C)CC)C(=O)[C@@H]13)c1ccccc1. The lowest BCUT2D eigenvalue weighted by atomic mass is 9.70. The van der Waals surface area contributed by atoms with Crippen LogP contribution in [-0.2, 0) is 28.7 Å². The van der Waals surface area contributed by atoms with Crippen LogP contribution >= 0.6 is 0 Å². The zero-order valence-electron chi connectivity index (χ0n) is 27.9. The number of ether oxygens (including phenoxy) is 2. The number of allylic oxidation sites excluding steroid dienone is 1. The fourth-order valence-corrected chi connectivity index (χ4v) is 7.42. The Kier molecular flexibility index (Phi) is 11.2. The zero-order valence-corrected chi connectivity index (χ0v) is 27.9. The third kappa shape index (κ3) is 6.65. The Bertz CT molecular complexity index is 1290. The molecule has 252 valence electrons. The first-order valence-corrected chi connectivity index (χ1v) is 16.5. The summed E-state index contributed by atoms with van der Waals surface area (Å²) < 4.78 is 12.8. The molecular formula is C36H51N3O7. The topological polar surface area (TPSA) is 125 Å². The van der Waals surface area contributed by atoms with E-state index in [0.29, 0.717) is 31.2 Å². The minimum atomic E-state index is -1.24. The predicted molar refractivity (Wildman–Crippen MR) is 174 cm³/mol. The largest absolute Gasteiger partial charge is 0.455 e. The van der Waals surface area contributed by atoms with Gasteiger partial charge >= 0.3 is 5.97 Å². The molecule has 8 atom stereocenters. The van der Waals surface area contributed by atoms with Crippen molar-refractivity contribution in [1.82, 2.24) is 15.1 Å². The van der Waals surface area contributed by atoms with Crippen molar-refractivity contribution < 1.29 is 33.8 Å². The number of fused-ring (bicyclic) bond motifs is 1. The molecule has 0 aromatic heterocycles. The van der Waals surface area contributed by atoms with E-state index in [9.17, 15) is 24.3 Å². The molecule has 0 unspecified atom stereocenters. The number of rotatable bonds is 15. The Morgan fingerprint density at radius 1 is 1.22 bits per heavy atom. The van der Waals surface area contributed by atoms with E-state index < -0.39 is 53.2 Å². The summed E-state index contributed by atoms with van der Waals surface area (Å²) in [5.41, 5.74) is -1.13. The highest BCUT2D eigenvalue weighted by Crippen LogP contribution is 2.59. The first-order chi connectivity index (χ1) is 21.9. The van der Waals surface area contributed by atoms with E-state index in [4.69, 9.17) is 9.47 Å². The molecule has 0 aliphatic carbocycles. The Balaban J connectivity index is 1.71. The van der Waals surface area contributed by atoms with Crippen LogP contribution < -0.4 is 5.32 Å². The molecule has 4 rings (SSSR count). The lowest BCUT2D eigenvalue weighted by molar-refractivity contribution is -0.162. The van der Waals surface area contributed by atoms with Crippen molar-refractivity contribution in [3.05, 3.63) is 61.2 Å². The number of likely N-dealkylation sites (tertiary alicyclic amines) is 1. The number of aliphatic hydroxyl groups is 1. The van der Waals surface area contributed by atoms with Crippen LogP contribution in [0.15, 0.2) is 55.6 Å². The molecule has 2 bridgehead atoms. The van der Waals surface area contributed by atoms with E-state index in [1.807, 2.05) is 65.0 Å². The maximum atomic E-state index is 14.6. The van der Waals surface area contributed by atoms with Gasteiger partial charge < -0.3 is 29.7 Å². The summed E-state index contributed by atoms with van der Waals surface area (Å²) in [5.74, 6) is -3.46. The quantitative estimate of drug-likeness (QED) is 0.220. The van der Waals surface area contributed by atoms with Crippen LogP contribution in [0.25, 0.3) is 0 Å². The van der Waals surface area contributed by atoms with Crippen molar-refractivity contribution in [2.24, 2.45) is 17.8 Å². The fourth-order valence-electron chi connectivity index (χ4n) is 7.42. The van der Waals surface area contributed by atoms with Crippen molar-refractivity contribution in [2.75, 3.05) is 19.7 Å². The van der Waals surface area contributed by atoms with Gasteiger partial charge in [-0.1, -0.05) is 62.8 Å². The Hall–Kier alpha value is -3.50. The van der Waals surface area contributed by atoms with E-state index in [1.54, 1.807) is 17.1 Å². The fraction of sp³-hybridized carbons (Fsp3) is 0.611. The number of amides is 3. The minimum absolute atomic E-state index is 0.0592. The van der Waals surface area contributed by atoms with Gasteiger partial charge in [0.15, 0.2) is 0 Å². The number of aliphatic hydroxyl groups excluding tert-OH is 1. The summed E-state index contributed by atoms with van der Waals surface area (Å²) in [6, 6.07) is 7.49. The highest BCUT2D eigenvalue weighted by atomic mass is 16.6. The molecule has 10 heteroatoms. The van der Waals surface area contributed by atoms with Crippen molar-refractivity contribution >= 4 is 23.7 Å². The summed E-state index contributed by atoms with van der Waals surface area (Å²) in [5, 5.41) is 13.5. The van der Waals surface area contributed by atoms with Crippen LogP contribution in [-0.4, -0.2) is 87.6 Å². The molecule has 3 aliphatic heterocycles. The summed E-state index contributed by atoms with van der Waals surface area (Å²) >= 11 is 0. The first-order valence-electron chi connectivity index (χ1n) is 16.5. The Labute approximate surface area is 273 Å². The van der Waals surface area contributed by atoms with E-state index >= 15 is 0 Å². The highest BCUT2D eigenvalue weighted by Gasteiger charge is 2.76. The average molecular weight is 638 g/mol. The molecular weight excluding hydrogens is 586 g/mol. The maximum Gasteiger partial charge on any atom is 0.313 e. The van der Waals surface area contributed by atoms with Gasteiger partial charge in [-0.3, -0.25) is 19.2 Å². The molecule has 3 amide bonds. The van der Waals surface area contributed by atoms with Gasteiger partial charge in [0.25, 0.3) is 0 Å². The van der Waals surface area contributed by atoms with Crippen molar-refractivity contribution in [3.63, 3.8) is 0 Å². The number of nitrogens with zero attached hydrogens (tertiary/aromatic N) is 2. The molecule has 10 nitrogen and oxygen atoms in total. The van der Waals surface area contributed by atoms with Crippen LogP contribution in [0.2, 0.25) is 0 Å². The van der Waals surface area contributed by atoms with Crippen molar-refractivity contribution in [2.45, 2.75) is 102 Å². The van der Waals surface area contributed by atoms with E-state index in [1.165, 1.54) is 4.90 Å². The number of benzene rings is 1. The number of nitrogens with one attached hydrogen (secondary N) is 1. The molecule has 0 radical (unpaired) electrons. The predicted octanol–water partition coefficient (Wildman–Crippen LogP) is 3.95. The molecule has 3 fully saturated rings. The van der Waals surface area contributed by atoms with Gasteiger partial charge in [0, 0.05) is 18.5 Å². The average Bonchev–Trinajstić information content (AvgIpc) is 3.68. The van der Waals surface area contributed by atoms with Crippen LogP contribution in [0, 0.1) is 17.8 Å². The van der Waals surface area contributed by atoms with Gasteiger partial charge in [0.05, 0.1) is 37.1 Å². The summed E-state index contributed by atoms with van der Waals surface area (Å²) in [6.07, 6.45) is 4.31. The second-order valence-electron chi connectivity index (χ2n) is 13.8. The molecule has 3 saturated heterocycles. The Morgan fingerprint density at radius 2 is 1.91 bits per heavy atom. The first kappa shape index (κ1) is 35.4. The van der Waals surface area contributed by atoms with E-state index in [0.717, 1.165) is 0 Å². The molecule has 1 aromatic rings. The van der Waals surface area contributed by atoms with Gasteiger partial charge in [-0.2, -0.15) is 0 Å². The molecule has 2 N–H and O–H groups in total. The summed E-state index contributed by atoms with van der Waals surface area (Å²) in [6.45, 7) is 17.2. The minimum Gasteiger partial charge on any atom is -0.455 e. The van der Waals surface area contributed by atoms with Crippen LogP contribution in [0.3, 0.4) is 0 Å². The van der Waals surface area contributed by atoms with Crippen LogP contribution in [0.1, 0.15) is 78.4 Å². The number of esters is 1. The second kappa shape index (κ2) is 14.5. The van der Waals surface area contributed by atoms with Gasteiger partial charge in [-0.25, -0.2) is 0 Å². The van der Waals surface area contributed by atoms with E-state index in [2.05, 4.69) is 18.5 Å². The monoisotopic (exact) mass is 637 g/mol. The third-order valence-corrected chi connectivity index (χ3v) is 9.97. The Morgan fingerprint density at radius 3 is 2.50 bits per heavy atom. The van der Waals surface area contributed by atoms with Gasteiger partial charge in [0.1, 0.15) is 17.7 Å². The molecule has 1 spiro atoms. The van der Waals surface area contributed by atoms with Crippen molar-refractivity contribution in [1.29, 1.82) is 0 Å². The van der Waals surface area contributed by atoms with Crippen molar-refractivity contribution in [3.8, 4) is 0 Å². The second-order valence-corrected chi connectivity index (χ2v) is 13.8. The lowest BCUT2D eigenvalue weighted by Crippen LogP contribution is -2.62. The summed E-state index contributed by atoms with van der Waals surface area (Å²) in [7, 11) is 0. The molecule has 0 saturated carbocycles. The normalized spacial score (nSPS) is 27.0. The highest BCUT2D eigenvalue weighted by molar-refractivity contribution is 5.98. The molecule has 3 aliphatic rings. The van der Waals surface area contributed by atoms with Gasteiger partial charge in [-0.15, -0.1) is 13.2 Å². The number of carbonyl (C=O) groups is 4. The van der Waals surface area contributed by atoms with Gasteiger partial charge in [0.2, 0.25) is 17.7 Å². The molecule has 1 aromatic carbocycles. The number of hydrogen-bond donors (Lipinski definition) is 2. The number of hydrogen-bond acceptors (Lipinski definition) is 7. The third-order valence-electron chi connectivity index (χ3n) is 9.97. The molecule has 3 heterocycles. The summed E-state index contributed by atoms with van der Waals surface area (Å²) in [4.78, 5) is 59.0. The standard InChI is InChI=1S/C36H51N3O7/c1-8-11-17-28(41)37-21-27(24-15-13-12-14-16-24)45-34(44)29-26-18-19-36(46-26)30(29)32(42)39(25(22-40)23(4)10-3)31(36)33(43)38(20-9-2)35(5,6)7/h8-9,12-16,23,25-27,29-31,40H,1-2,10-11,17-22H2,3-7H3,(H,37,41)/t23-,25-,26-,27+,29+,30+,31-,36+/m0/s1. The van der Waals surface area contributed by atoms with Gasteiger partial charge in [-0.05, 0) is 51.5 Å². The molecule has 46 heavy (non-hydrogen) atoms. The van der Waals surface area contributed by atoms with Crippen LogP contribution in [0.5, 0.6) is 0 Å². The lowest BCUT2D eigenvalue weighted by Gasteiger charge is -2.44. The maximum absolute atomic E-state index is 14.6. The van der Waals surface area contributed by atoms with E-state index in [-0.39, 0.29) is 49.8 Å². The zero-order chi connectivity index (χ0) is 33.8. The smallest absolute Gasteiger partial charge is 0.313 e. The number of carbonyl (C=O) groups excluding carboxylic acids is 4. The van der Waals surface area contributed by atoms with Crippen LogP contribution in [0.4, 0.5) is 0 Å².